The van der Waals surface area contributed by atoms with Crippen molar-refractivity contribution >= 4 is 16.5 Å². The van der Waals surface area contributed by atoms with E-state index in [1.54, 1.807) is 7.11 Å². The van der Waals surface area contributed by atoms with Crippen molar-refractivity contribution in [3.63, 3.8) is 0 Å². The standard InChI is InChI=1S/C24H24N4O2/c1-16(23-26-27-24(30-23)18-7-9-19(29-2)10-8-18)28-13-11-17(12-14-28)21-15-25-22-6-4-3-5-20(21)22/h3-11,15-16,25H,12-14H2,1-2H3/t16-/m0/s1. The average molecular weight is 400 g/mol. The summed E-state index contributed by atoms with van der Waals surface area (Å²) in [6.07, 6.45) is 5.43. The Balaban J connectivity index is 1.31. The highest BCUT2D eigenvalue weighted by Gasteiger charge is 2.24. The second-order valence-electron chi connectivity index (χ2n) is 7.57. The normalized spacial score (nSPS) is 15.9. The van der Waals surface area contributed by atoms with Crippen LogP contribution in [0.3, 0.4) is 0 Å². The maximum Gasteiger partial charge on any atom is 0.247 e. The molecule has 6 nitrogen and oxygen atoms in total. The fourth-order valence-corrected chi connectivity index (χ4v) is 4.03. The molecule has 1 atom stereocenters. The number of ether oxygens (including phenoxy) is 1. The summed E-state index contributed by atoms with van der Waals surface area (Å²) < 4.78 is 11.2. The molecular formula is C24H24N4O2. The van der Waals surface area contributed by atoms with Crippen molar-refractivity contribution in [2.24, 2.45) is 0 Å². The van der Waals surface area contributed by atoms with Crippen LogP contribution in [0, 0.1) is 0 Å². The van der Waals surface area contributed by atoms with Crippen LogP contribution in [-0.2, 0) is 0 Å². The molecule has 1 N–H and O–H groups in total. The molecule has 4 aromatic rings. The molecule has 0 spiro atoms. The zero-order chi connectivity index (χ0) is 20.5. The van der Waals surface area contributed by atoms with E-state index in [0.717, 1.165) is 30.8 Å². The molecule has 1 aliphatic heterocycles. The lowest BCUT2D eigenvalue weighted by atomic mass is 9.98. The third-order valence-corrected chi connectivity index (χ3v) is 5.86. The van der Waals surface area contributed by atoms with Gasteiger partial charge in [-0.3, -0.25) is 4.90 Å². The Kier molecular flexibility index (Phi) is 4.85. The van der Waals surface area contributed by atoms with Gasteiger partial charge in [-0.25, -0.2) is 0 Å². The number of nitrogens with zero attached hydrogens (tertiary/aromatic N) is 3. The number of aromatic amines is 1. The van der Waals surface area contributed by atoms with Crippen molar-refractivity contribution in [3.8, 4) is 17.2 Å². The van der Waals surface area contributed by atoms with Gasteiger partial charge in [-0.1, -0.05) is 24.3 Å². The molecule has 6 heteroatoms. The van der Waals surface area contributed by atoms with Gasteiger partial charge in [0.15, 0.2) is 0 Å². The zero-order valence-electron chi connectivity index (χ0n) is 17.1. The molecule has 30 heavy (non-hydrogen) atoms. The van der Waals surface area contributed by atoms with E-state index in [4.69, 9.17) is 9.15 Å². The van der Waals surface area contributed by atoms with Crippen LogP contribution in [0.15, 0.2) is 65.2 Å². The second-order valence-corrected chi connectivity index (χ2v) is 7.57. The highest BCUT2D eigenvalue weighted by Crippen LogP contribution is 2.32. The average Bonchev–Trinajstić information content (AvgIpc) is 3.47. The number of para-hydroxylation sites is 1. The second kappa shape index (κ2) is 7.80. The fourth-order valence-electron chi connectivity index (χ4n) is 4.03. The number of H-pyrrole nitrogens is 1. The lowest BCUT2D eigenvalue weighted by Crippen LogP contribution is -2.31. The first-order chi connectivity index (χ1) is 14.7. The Morgan fingerprint density at radius 3 is 2.70 bits per heavy atom. The minimum absolute atomic E-state index is 0.0604. The molecule has 152 valence electrons. The molecule has 0 bridgehead atoms. The highest BCUT2D eigenvalue weighted by molar-refractivity contribution is 5.92. The molecule has 0 aliphatic carbocycles. The molecule has 5 rings (SSSR count). The molecule has 0 saturated carbocycles. The van der Waals surface area contributed by atoms with Gasteiger partial charge in [0.05, 0.1) is 13.2 Å². The maximum absolute atomic E-state index is 5.98. The first-order valence-electron chi connectivity index (χ1n) is 10.2. The summed E-state index contributed by atoms with van der Waals surface area (Å²) in [5, 5.41) is 9.83. The van der Waals surface area contributed by atoms with Crippen LogP contribution in [0.4, 0.5) is 0 Å². The van der Waals surface area contributed by atoms with Crippen molar-refractivity contribution in [2.45, 2.75) is 19.4 Å². The topological polar surface area (TPSA) is 67.2 Å². The predicted molar refractivity (Wildman–Crippen MR) is 117 cm³/mol. The van der Waals surface area contributed by atoms with Gasteiger partial charge in [0.2, 0.25) is 11.8 Å². The van der Waals surface area contributed by atoms with Crippen molar-refractivity contribution in [1.82, 2.24) is 20.1 Å². The Morgan fingerprint density at radius 1 is 1.10 bits per heavy atom. The number of methoxy groups -OCH3 is 1. The molecule has 0 saturated heterocycles. The smallest absolute Gasteiger partial charge is 0.247 e. The van der Waals surface area contributed by atoms with Crippen LogP contribution in [0.2, 0.25) is 0 Å². The number of fused-ring (bicyclic) bond motifs is 1. The van der Waals surface area contributed by atoms with Gasteiger partial charge in [-0.2, -0.15) is 0 Å². The van der Waals surface area contributed by atoms with Crippen molar-refractivity contribution in [1.29, 1.82) is 0 Å². The van der Waals surface area contributed by atoms with Crippen LogP contribution in [-0.4, -0.2) is 40.3 Å². The van der Waals surface area contributed by atoms with Crippen LogP contribution in [0.1, 0.15) is 30.8 Å². The minimum Gasteiger partial charge on any atom is -0.497 e. The quantitative estimate of drug-likeness (QED) is 0.506. The van der Waals surface area contributed by atoms with Crippen molar-refractivity contribution in [2.75, 3.05) is 20.2 Å². The van der Waals surface area contributed by atoms with E-state index in [2.05, 4.69) is 63.5 Å². The Labute approximate surface area is 175 Å². The van der Waals surface area contributed by atoms with Crippen LogP contribution in [0.25, 0.3) is 27.9 Å². The van der Waals surface area contributed by atoms with Gasteiger partial charge in [0.25, 0.3) is 0 Å². The summed E-state index contributed by atoms with van der Waals surface area (Å²) in [6, 6.07) is 16.2. The molecule has 1 aliphatic rings. The maximum atomic E-state index is 5.98. The van der Waals surface area contributed by atoms with Gasteiger partial charge in [0, 0.05) is 41.3 Å². The molecule has 2 aromatic heterocycles. The summed E-state index contributed by atoms with van der Waals surface area (Å²) in [5.74, 6) is 1.98. The Morgan fingerprint density at radius 2 is 1.93 bits per heavy atom. The van der Waals surface area contributed by atoms with E-state index in [0.29, 0.717) is 11.8 Å². The molecule has 2 aromatic carbocycles. The van der Waals surface area contributed by atoms with E-state index in [1.807, 2.05) is 24.3 Å². The van der Waals surface area contributed by atoms with Crippen molar-refractivity contribution in [3.05, 3.63) is 72.3 Å². The third kappa shape index (κ3) is 3.39. The third-order valence-electron chi connectivity index (χ3n) is 5.86. The highest BCUT2D eigenvalue weighted by atomic mass is 16.5. The number of aromatic nitrogens is 3. The fraction of sp³-hybridized carbons (Fsp3) is 0.250. The SMILES string of the molecule is COc1ccc(-c2nnc([C@H](C)N3CC=C(c4c[nH]c5ccccc45)CC3)o2)cc1. The molecular weight excluding hydrogens is 376 g/mol. The number of nitrogens with one attached hydrogen (secondary N) is 1. The van der Waals surface area contributed by atoms with Crippen LogP contribution >= 0.6 is 0 Å². The summed E-state index contributed by atoms with van der Waals surface area (Å²) in [4.78, 5) is 5.74. The molecule has 3 heterocycles. The lowest BCUT2D eigenvalue weighted by Gasteiger charge is -2.29. The van der Waals surface area contributed by atoms with Gasteiger partial charge >= 0.3 is 0 Å². The number of rotatable bonds is 5. The van der Waals surface area contributed by atoms with E-state index >= 15 is 0 Å². The number of benzene rings is 2. The Hall–Kier alpha value is -3.38. The van der Waals surface area contributed by atoms with Gasteiger partial charge in [0.1, 0.15) is 5.75 Å². The van der Waals surface area contributed by atoms with E-state index in [9.17, 15) is 0 Å². The molecule has 0 fully saturated rings. The zero-order valence-corrected chi connectivity index (χ0v) is 17.1. The summed E-state index contributed by atoms with van der Waals surface area (Å²) in [5.41, 5.74) is 4.76. The largest absolute Gasteiger partial charge is 0.497 e. The van der Waals surface area contributed by atoms with Gasteiger partial charge in [-0.05, 0) is 49.2 Å². The van der Waals surface area contributed by atoms with Gasteiger partial charge in [-0.15, -0.1) is 10.2 Å². The molecule has 0 amide bonds. The summed E-state index contributed by atoms with van der Waals surface area (Å²) >= 11 is 0. The Bertz CT molecular complexity index is 1190. The van der Waals surface area contributed by atoms with E-state index in [-0.39, 0.29) is 6.04 Å². The van der Waals surface area contributed by atoms with Crippen LogP contribution in [0.5, 0.6) is 5.75 Å². The summed E-state index contributed by atoms with van der Waals surface area (Å²) in [7, 11) is 1.65. The monoisotopic (exact) mass is 400 g/mol. The number of hydrogen-bond donors (Lipinski definition) is 1. The van der Waals surface area contributed by atoms with Crippen molar-refractivity contribution < 1.29 is 9.15 Å². The van der Waals surface area contributed by atoms with E-state index < -0.39 is 0 Å². The summed E-state index contributed by atoms with van der Waals surface area (Å²) in [6.45, 7) is 3.93. The predicted octanol–water partition coefficient (Wildman–Crippen LogP) is 5.08. The lowest BCUT2D eigenvalue weighted by molar-refractivity contribution is 0.202. The first kappa shape index (κ1) is 18.6. The molecule has 0 radical (unpaired) electrons. The van der Waals surface area contributed by atoms with E-state index in [1.165, 1.54) is 22.0 Å². The first-order valence-corrected chi connectivity index (χ1v) is 10.2. The van der Waals surface area contributed by atoms with Crippen LogP contribution < -0.4 is 4.74 Å². The van der Waals surface area contributed by atoms with Gasteiger partial charge < -0.3 is 14.1 Å². The number of hydrogen-bond acceptors (Lipinski definition) is 5. The molecule has 0 unspecified atom stereocenters. The minimum atomic E-state index is 0.0604.